The Balaban J connectivity index is 2.06. The molecule has 0 aromatic carbocycles. The molecule has 1 heterocycles. The van der Waals surface area contributed by atoms with Gasteiger partial charge in [0.15, 0.2) is 0 Å². The second-order valence-corrected chi connectivity index (χ2v) is 5.97. The predicted molar refractivity (Wildman–Crippen MR) is 77.8 cm³/mol. The van der Waals surface area contributed by atoms with Crippen LogP contribution in [0.1, 0.15) is 58.3 Å². The zero-order valence-corrected chi connectivity index (χ0v) is 12.3. The van der Waals surface area contributed by atoms with Crippen molar-refractivity contribution >= 4 is 11.8 Å². The van der Waals surface area contributed by atoms with Crippen molar-refractivity contribution in [3.05, 3.63) is 0 Å². The highest BCUT2D eigenvalue weighted by atomic mass is 16.2. The lowest BCUT2D eigenvalue weighted by molar-refractivity contribution is -0.156. The number of terminal acetylenes is 1. The average molecular weight is 276 g/mol. The van der Waals surface area contributed by atoms with E-state index in [1.807, 2.05) is 6.92 Å². The second kappa shape index (κ2) is 6.30. The molecule has 1 atom stereocenters. The van der Waals surface area contributed by atoms with Gasteiger partial charge in [-0.05, 0) is 32.6 Å². The molecule has 1 aliphatic carbocycles. The molecule has 2 aliphatic rings. The number of unbranched alkanes of at least 4 members (excludes halogenated alkanes) is 2. The lowest BCUT2D eigenvalue weighted by Crippen LogP contribution is -2.70. The molecule has 0 bridgehead atoms. The molecule has 1 N–H and O–H groups in total. The Bertz CT molecular complexity index is 419. The fourth-order valence-corrected chi connectivity index (χ4v) is 3.28. The van der Waals surface area contributed by atoms with Crippen LogP contribution in [0.15, 0.2) is 0 Å². The summed E-state index contributed by atoms with van der Waals surface area (Å²) in [5.74, 6) is 2.72. The van der Waals surface area contributed by atoms with Gasteiger partial charge in [0.2, 0.25) is 11.8 Å². The third kappa shape index (κ3) is 2.82. The number of hydrogen-bond donors (Lipinski definition) is 1. The largest absolute Gasteiger partial charge is 0.340 e. The van der Waals surface area contributed by atoms with E-state index in [0.717, 1.165) is 51.4 Å². The van der Waals surface area contributed by atoms with Crippen LogP contribution in [-0.2, 0) is 9.59 Å². The van der Waals surface area contributed by atoms with E-state index >= 15 is 0 Å². The minimum Gasteiger partial charge on any atom is -0.340 e. The van der Waals surface area contributed by atoms with Crippen LogP contribution in [0.4, 0.5) is 0 Å². The van der Waals surface area contributed by atoms with Crippen molar-refractivity contribution in [3.63, 3.8) is 0 Å². The van der Waals surface area contributed by atoms with E-state index < -0.39 is 5.54 Å². The molecule has 1 saturated carbocycles. The van der Waals surface area contributed by atoms with Gasteiger partial charge >= 0.3 is 0 Å². The number of amides is 2. The van der Waals surface area contributed by atoms with Crippen molar-refractivity contribution in [1.29, 1.82) is 0 Å². The maximum Gasteiger partial charge on any atom is 0.248 e. The third-order valence-electron chi connectivity index (χ3n) is 4.56. The first-order valence-electron chi connectivity index (χ1n) is 7.67. The zero-order valence-electron chi connectivity index (χ0n) is 12.3. The molecule has 110 valence electrons. The summed E-state index contributed by atoms with van der Waals surface area (Å²) in [5.41, 5.74) is -0.617. The molecule has 0 aromatic rings. The molecule has 1 aliphatic heterocycles. The number of carbonyl (C=O) groups excluding carboxylic acids is 2. The van der Waals surface area contributed by atoms with Gasteiger partial charge in [0.05, 0.1) is 0 Å². The highest BCUT2D eigenvalue weighted by Gasteiger charge is 2.49. The standard InChI is InChI=1S/C16H24N2O2/c1-3-4-5-9-12-18-13(2)14(19)17-16(15(18)20)10-7-6-8-11-16/h1,13H,4-12H2,2H3,(H,17,19). The fourth-order valence-electron chi connectivity index (χ4n) is 3.28. The average Bonchev–Trinajstić information content (AvgIpc) is 2.46. The summed E-state index contributed by atoms with van der Waals surface area (Å²) in [6.45, 7) is 2.45. The fraction of sp³-hybridized carbons (Fsp3) is 0.750. The summed E-state index contributed by atoms with van der Waals surface area (Å²) in [6, 6.07) is -0.360. The van der Waals surface area contributed by atoms with Crippen LogP contribution < -0.4 is 5.32 Å². The molecule has 20 heavy (non-hydrogen) atoms. The van der Waals surface area contributed by atoms with Gasteiger partial charge in [-0.2, -0.15) is 0 Å². The molecule has 1 saturated heterocycles. The lowest BCUT2D eigenvalue weighted by Gasteiger charge is -2.47. The summed E-state index contributed by atoms with van der Waals surface area (Å²) >= 11 is 0. The zero-order chi connectivity index (χ0) is 14.6. The van der Waals surface area contributed by atoms with Crippen molar-refractivity contribution in [2.24, 2.45) is 0 Å². The van der Waals surface area contributed by atoms with Gasteiger partial charge in [-0.1, -0.05) is 19.3 Å². The molecule has 0 radical (unpaired) electrons. The summed E-state index contributed by atoms with van der Waals surface area (Å²) < 4.78 is 0. The lowest BCUT2D eigenvalue weighted by atomic mass is 9.78. The Morgan fingerprint density at radius 2 is 2.00 bits per heavy atom. The van der Waals surface area contributed by atoms with Crippen LogP contribution in [0, 0.1) is 12.3 Å². The van der Waals surface area contributed by atoms with Crippen LogP contribution in [0.2, 0.25) is 0 Å². The molecule has 1 unspecified atom stereocenters. The number of nitrogens with one attached hydrogen (secondary N) is 1. The van der Waals surface area contributed by atoms with E-state index in [0.29, 0.717) is 6.54 Å². The molecule has 4 nitrogen and oxygen atoms in total. The smallest absolute Gasteiger partial charge is 0.248 e. The van der Waals surface area contributed by atoms with Gasteiger partial charge in [-0.3, -0.25) is 9.59 Å². The van der Waals surface area contributed by atoms with E-state index in [2.05, 4.69) is 11.2 Å². The van der Waals surface area contributed by atoms with Gasteiger partial charge in [0.1, 0.15) is 11.6 Å². The predicted octanol–water partition coefficient (Wildman–Crippen LogP) is 1.84. The van der Waals surface area contributed by atoms with Gasteiger partial charge in [-0.15, -0.1) is 12.3 Å². The van der Waals surface area contributed by atoms with E-state index in [1.165, 1.54) is 0 Å². The molecule has 1 spiro atoms. The number of rotatable bonds is 4. The summed E-state index contributed by atoms with van der Waals surface area (Å²) in [6.07, 6.45) is 12.5. The molecule has 2 fully saturated rings. The van der Waals surface area contributed by atoms with E-state index in [4.69, 9.17) is 6.42 Å². The first-order chi connectivity index (χ1) is 9.60. The monoisotopic (exact) mass is 276 g/mol. The topological polar surface area (TPSA) is 49.4 Å². The summed E-state index contributed by atoms with van der Waals surface area (Å²) in [7, 11) is 0. The second-order valence-electron chi connectivity index (χ2n) is 5.97. The van der Waals surface area contributed by atoms with Crippen LogP contribution in [0.3, 0.4) is 0 Å². The van der Waals surface area contributed by atoms with Crippen molar-refractivity contribution in [2.45, 2.75) is 69.9 Å². The van der Waals surface area contributed by atoms with Crippen molar-refractivity contribution in [3.8, 4) is 12.3 Å². The molecular formula is C16H24N2O2. The highest BCUT2D eigenvalue weighted by Crippen LogP contribution is 2.33. The third-order valence-corrected chi connectivity index (χ3v) is 4.56. The molecule has 0 aromatic heterocycles. The van der Waals surface area contributed by atoms with E-state index in [9.17, 15) is 9.59 Å². The first kappa shape index (κ1) is 14.9. The Morgan fingerprint density at radius 3 is 2.65 bits per heavy atom. The highest BCUT2D eigenvalue weighted by molar-refractivity contribution is 5.99. The van der Waals surface area contributed by atoms with Gasteiger partial charge in [0.25, 0.3) is 0 Å². The van der Waals surface area contributed by atoms with E-state index in [1.54, 1.807) is 4.90 Å². The maximum absolute atomic E-state index is 12.8. The summed E-state index contributed by atoms with van der Waals surface area (Å²) in [4.78, 5) is 26.7. The van der Waals surface area contributed by atoms with Crippen LogP contribution in [0.25, 0.3) is 0 Å². The molecule has 4 heteroatoms. The van der Waals surface area contributed by atoms with Crippen molar-refractivity contribution in [1.82, 2.24) is 10.2 Å². The van der Waals surface area contributed by atoms with Crippen molar-refractivity contribution in [2.75, 3.05) is 6.54 Å². The van der Waals surface area contributed by atoms with Crippen LogP contribution in [0.5, 0.6) is 0 Å². The first-order valence-corrected chi connectivity index (χ1v) is 7.67. The van der Waals surface area contributed by atoms with Crippen molar-refractivity contribution < 1.29 is 9.59 Å². The Morgan fingerprint density at radius 1 is 1.30 bits per heavy atom. The Labute approximate surface area is 121 Å². The number of hydrogen-bond acceptors (Lipinski definition) is 2. The quantitative estimate of drug-likeness (QED) is 0.629. The number of piperazine rings is 1. The normalized spacial score (nSPS) is 25.4. The number of nitrogens with zero attached hydrogens (tertiary/aromatic N) is 1. The SMILES string of the molecule is C#CCCCCN1C(=O)C2(CCCCC2)NC(=O)C1C. The summed E-state index contributed by atoms with van der Waals surface area (Å²) in [5, 5.41) is 3.00. The Hall–Kier alpha value is -1.50. The van der Waals surface area contributed by atoms with Gasteiger partial charge in [-0.25, -0.2) is 0 Å². The minimum absolute atomic E-state index is 0.0107. The molecule has 2 amide bonds. The number of carbonyl (C=O) groups is 2. The van der Waals surface area contributed by atoms with Gasteiger partial charge in [0, 0.05) is 13.0 Å². The molecule has 2 rings (SSSR count). The van der Waals surface area contributed by atoms with Gasteiger partial charge < -0.3 is 10.2 Å². The maximum atomic E-state index is 12.8. The van der Waals surface area contributed by atoms with Crippen LogP contribution >= 0.6 is 0 Å². The molecular weight excluding hydrogens is 252 g/mol. The van der Waals surface area contributed by atoms with Crippen LogP contribution in [-0.4, -0.2) is 34.8 Å². The van der Waals surface area contributed by atoms with E-state index in [-0.39, 0.29) is 17.9 Å². The minimum atomic E-state index is -0.617. The Kier molecular flexibility index (Phi) is 4.69.